The summed E-state index contributed by atoms with van der Waals surface area (Å²) in [7, 11) is 0. The van der Waals surface area contributed by atoms with E-state index >= 15 is 0 Å². The highest BCUT2D eigenvalue weighted by atomic mass is 16.6. The van der Waals surface area contributed by atoms with Gasteiger partial charge in [0.2, 0.25) is 0 Å². The molecule has 0 bridgehead atoms. The predicted octanol–water partition coefficient (Wildman–Crippen LogP) is 1.53. The zero-order chi connectivity index (χ0) is 16.2. The predicted molar refractivity (Wildman–Crippen MR) is 79.5 cm³/mol. The second kappa shape index (κ2) is 6.71. The maximum absolute atomic E-state index is 12.6. The topological polar surface area (TPSA) is 115 Å². The van der Waals surface area contributed by atoms with Crippen molar-refractivity contribution in [3.05, 3.63) is 11.4 Å². The molecule has 1 aliphatic rings. The van der Waals surface area contributed by atoms with E-state index < -0.39 is 0 Å². The van der Waals surface area contributed by atoms with Crippen molar-refractivity contribution < 1.29 is 9.42 Å². The van der Waals surface area contributed by atoms with Crippen molar-refractivity contribution in [2.75, 3.05) is 11.9 Å². The van der Waals surface area contributed by atoms with Crippen LogP contribution < -0.4 is 5.32 Å². The number of amides is 2. The van der Waals surface area contributed by atoms with Crippen molar-refractivity contribution in [3.8, 4) is 0 Å². The Bertz CT molecular complexity index is 666. The van der Waals surface area contributed by atoms with Crippen LogP contribution in [-0.4, -0.2) is 48.0 Å². The molecule has 1 aliphatic heterocycles. The number of tetrazole rings is 1. The van der Waals surface area contributed by atoms with Gasteiger partial charge in [0.1, 0.15) is 11.4 Å². The third kappa shape index (κ3) is 3.15. The van der Waals surface area contributed by atoms with Gasteiger partial charge in [-0.25, -0.2) is 14.1 Å². The summed E-state index contributed by atoms with van der Waals surface area (Å²) in [5, 5.41) is 21.9. The SMILES string of the molecule is CCCCn1nnnc1NC(=O)N1CCC[C@H]1c1nonc1C. The smallest absolute Gasteiger partial charge is 0.316 e. The molecule has 0 spiro atoms. The van der Waals surface area contributed by atoms with Gasteiger partial charge in [0.05, 0.1) is 6.04 Å². The number of carbonyl (C=O) groups is 1. The van der Waals surface area contributed by atoms with Gasteiger partial charge >= 0.3 is 6.03 Å². The fourth-order valence-corrected chi connectivity index (χ4v) is 2.75. The summed E-state index contributed by atoms with van der Waals surface area (Å²) in [5.74, 6) is 0.365. The van der Waals surface area contributed by atoms with Crippen molar-refractivity contribution in [2.45, 2.75) is 52.1 Å². The van der Waals surface area contributed by atoms with Gasteiger partial charge in [0.25, 0.3) is 5.95 Å². The van der Waals surface area contributed by atoms with Gasteiger partial charge < -0.3 is 4.90 Å². The lowest BCUT2D eigenvalue weighted by atomic mass is 10.1. The van der Waals surface area contributed by atoms with Crippen molar-refractivity contribution in [2.24, 2.45) is 0 Å². The summed E-state index contributed by atoms with van der Waals surface area (Å²) in [6, 6.07) is -0.358. The number of urea groups is 1. The Morgan fingerprint density at radius 1 is 1.43 bits per heavy atom. The van der Waals surface area contributed by atoms with Gasteiger partial charge in [-0.2, -0.15) is 0 Å². The van der Waals surface area contributed by atoms with E-state index in [-0.39, 0.29) is 12.1 Å². The number of rotatable bonds is 5. The zero-order valence-corrected chi connectivity index (χ0v) is 13.3. The molecule has 2 amide bonds. The van der Waals surface area contributed by atoms with Crippen LogP contribution in [0.4, 0.5) is 10.7 Å². The molecular weight excluding hydrogens is 300 g/mol. The number of aryl methyl sites for hydroxylation is 2. The molecule has 10 heteroatoms. The van der Waals surface area contributed by atoms with Crippen molar-refractivity contribution >= 4 is 12.0 Å². The second-order valence-corrected chi connectivity index (χ2v) is 5.60. The number of anilines is 1. The maximum Gasteiger partial charge on any atom is 0.324 e. The van der Waals surface area contributed by atoms with Crippen molar-refractivity contribution in [1.29, 1.82) is 0 Å². The van der Waals surface area contributed by atoms with E-state index in [0.717, 1.165) is 25.7 Å². The van der Waals surface area contributed by atoms with Gasteiger partial charge in [-0.05, 0) is 36.6 Å². The van der Waals surface area contributed by atoms with Gasteiger partial charge in [0, 0.05) is 13.1 Å². The Balaban J connectivity index is 1.70. The normalized spacial score (nSPS) is 17.7. The minimum absolute atomic E-state index is 0.124. The first kappa shape index (κ1) is 15.4. The second-order valence-electron chi connectivity index (χ2n) is 5.60. The lowest BCUT2D eigenvalue weighted by Crippen LogP contribution is -2.35. The van der Waals surface area contributed by atoms with Crippen LogP contribution in [0.15, 0.2) is 4.63 Å². The summed E-state index contributed by atoms with van der Waals surface area (Å²) in [6.45, 7) is 5.24. The van der Waals surface area contributed by atoms with Crippen molar-refractivity contribution in [3.63, 3.8) is 0 Å². The number of nitrogens with zero attached hydrogens (tertiary/aromatic N) is 7. The molecule has 0 unspecified atom stereocenters. The minimum atomic E-state index is -0.234. The monoisotopic (exact) mass is 320 g/mol. The molecule has 1 atom stereocenters. The summed E-state index contributed by atoms with van der Waals surface area (Å²) in [5.41, 5.74) is 1.42. The molecule has 1 N–H and O–H groups in total. The molecule has 124 valence electrons. The molecule has 0 aliphatic carbocycles. The quantitative estimate of drug-likeness (QED) is 0.888. The Morgan fingerprint density at radius 3 is 3.04 bits per heavy atom. The fraction of sp³-hybridized carbons (Fsp3) is 0.692. The molecule has 3 heterocycles. The van der Waals surface area contributed by atoms with Gasteiger partial charge in [0.15, 0.2) is 0 Å². The Hall–Kier alpha value is -2.52. The average Bonchev–Trinajstić information content (AvgIpc) is 3.25. The lowest BCUT2D eigenvalue weighted by Gasteiger charge is -2.23. The molecule has 3 rings (SSSR count). The summed E-state index contributed by atoms with van der Waals surface area (Å²) in [4.78, 5) is 14.3. The molecule has 0 aromatic carbocycles. The molecular formula is C13H20N8O2. The maximum atomic E-state index is 12.6. The zero-order valence-electron chi connectivity index (χ0n) is 13.3. The first-order valence-electron chi connectivity index (χ1n) is 7.83. The van der Waals surface area contributed by atoms with Crippen molar-refractivity contribution in [1.82, 2.24) is 35.4 Å². The molecule has 23 heavy (non-hydrogen) atoms. The van der Waals surface area contributed by atoms with E-state index in [9.17, 15) is 4.79 Å². The number of carbonyl (C=O) groups excluding carboxylic acids is 1. The van der Waals surface area contributed by atoms with Crippen LogP contribution in [0.3, 0.4) is 0 Å². The number of unbranched alkanes of at least 4 members (excludes halogenated alkanes) is 1. The molecule has 2 aromatic rings. The summed E-state index contributed by atoms with van der Waals surface area (Å²) in [6.07, 6.45) is 3.72. The van der Waals surface area contributed by atoms with E-state index in [4.69, 9.17) is 4.63 Å². The van der Waals surface area contributed by atoms with E-state index in [0.29, 0.717) is 30.4 Å². The van der Waals surface area contributed by atoms with E-state index in [2.05, 4.69) is 38.1 Å². The van der Waals surface area contributed by atoms with Crippen LogP contribution in [0.2, 0.25) is 0 Å². The number of hydrogen-bond acceptors (Lipinski definition) is 7. The van der Waals surface area contributed by atoms with Crippen LogP contribution in [0, 0.1) is 6.92 Å². The highest BCUT2D eigenvalue weighted by molar-refractivity contribution is 5.88. The van der Waals surface area contributed by atoms with E-state index in [1.165, 1.54) is 0 Å². The van der Waals surface area contributed by atoms with Gasteiger partial charge in [-0.3, -0.25) is 5.32 Å². The third-order valence-corrected chi connectivity index (χ3v) is 3.99. The number of likely N-dealkylation sites (tertiary alicyclic amines) is 1. The average molecular weight is 320 g/mol. The third-order valence-electron chi connectivity index (χ3n) is 3.99. The molecule has 2 aromatic heterocycles. The minimum Gasteiger partial charge on any atom is -0.316 e. The lowest BCUT2D eigenvalue weighted by molar-refractivity contribution is 0.203. The van der Waals surface area contributed by atoms with Crippen LogP contribution >= 0.6 is 0 Å². The van der Waals surface area contributed by atoms with E-state index in [1.807, 2.05) is 6.92 Å². The van der Waals surface area contributed by atoms with Crippen LogP contribution in [0.5, 0.6) is 0 Å². The Labute approximate surface area is 133 Å². The standard InChI is InChI=1S/C13H20N8O2/c1-3-4-8-21-12(15-18-19-21)14-13(22)20-7-5-6-10(20)11-9(2)16-23-17-11/h10H,3-8H2,1-2H3,(H,14,15,19,22)/t10-/m0/s1. The van der Waals surface area contributed by atoms with E-state index in [1.54, 1.807) is 9.58 Å². The van der Waals surface area contributed by atoms with Crippen LogP contribution in [-0.2, 0) is 6.54 Å². The first-order chi connectivity index (χ1) is 11.2. The highest BCUT2D eigenvalue weighted by Crippen LogP contribution is 2.32. The number of aromatic nitrogens is 6. The summed E-state index contributed by atoms with van der Waals surface area (Å²) >= 11 is 0. The molecule has 0 saturated carbocycles. The molecule has 1 fully saturated rings. The number of hydrogen-bond donors (Lipinski definition) is 1. The Kier molecular flexibility index (Phi) is 4.49. The number of nitrogens with one attached hydrogen (secondary N) is 1. The molecule has 1 saturated heterocycles. The first-order valence-corrected chi connectivity index (χ1v) is 7.83. The summed E-state index contributed by atoms with van der Waals surface area (Å²) < 4.78 is 6.37. The Morgan fingerprint density at radius 2 is 2.30 bits per heavy atom. The molecule has 10 nitrogen and oxygen atoms in total. The molecule has 0 radical (unpaired) electrons. The van der Waals surface area contributed by atoms with Crippen LogP contribution in [0.25, 0.3) is 0 Å². The highest BCUT2D eigenvalue weighted by Gasteiger charge is 2.34. The van der Waals surface area contributed by atoms with Gasteiger partial charge in [-0.1, -0.05) is 28.8 Å². The fourth-order valence-electron chi connectivity index (χ4n) is 2.75. The largest absolute Gasteiger partial charge is 0.324 e. The van der Waals surface area contributed by atoms with Crippen LogP contribution in [0.1, 0.15) is 50.0 Å². The van der Waals surface area contributed by atoms with Gasteiger partial charge in [-0.15, -0.1) is 0 Å².